The van der Waals surface area contributed by atoms with Crippen LogP contribution in [0.4, 0.5) is 5.69 Å². The standard InChI is InChI=1S/C13H20N2O4S/c1-19-9-5-6-10(14)13(16)15-11-7-3-4-8-12(11)20(2,17)18/h3-4,7-8,10H,5-6,9,14H2,1-2H3,(H,15,16). The van der Waals surface area contributed by atoms with Crippen LogP contribution in [0.25, 0.3) is 0 Å². The number of ether oxygens (including phenoxy) is 1. The maximum absolute atomic E-state index is 11.9. The van der Waals surface area contributed by atoms with Gasteiger partial charge in [0.2, 0.25) is 5.91 Å². The molecule has 1 rings (SSSR count). The fourth-order valence-corrected chi connectivity index (χ4v) is 2.54. The van der Waals surface area contributed by atoms with Crippen molar-refractivity contribution in [2.45, 2.75) is 23.8 Å². The molecular formula is C13H20N2O4S. The second-order valence-corrected chi connectivity index (χ2v) is 6.48. The van der Waals surface area contributed by atoms with Gasteiger partial charge in [-0.3, -0.25) is 4.79 Å². The van der Waals surface area contributed by atoms with E-state index in [0.29, 0.717) is 19.4 Å². The lowest BCUT2D eigenvalue weighted by molar-refractivity contribution is -0.117. The second kappa shape index (κ2) is 7.37. The van der Waals surface area contributed by atoms with Crippen LogP contribution in [-0.2, 0) is 19.4 Å². The molecule has 1 atom stereocenters. The van der Waals surface area contributed by atoms with E-state index in [-0.39, 0.29) is 10.6 Å². The minimum Gasteiger partial charge on any atom is -0.385 e. The molecule has 1 aromatic carbocycles. The highest BCUT2D eigenvalue weighted by Crippen LogP contribution is 2.20. The predicted molar refractivity (Wildman–Crippen MR) is 77.3 cm³/mol. The number of benzene rings is 1. The smallest absolute Gasteiger partial charge is 0.241 e. The van der Waals surface area contributed by atoms with Gasteiger partial charge in [0.15, 0.2) is 9.84 Å². The van der Waals surface area contributed by atoms with Crippen LogP contribution in [0.1, 0.15) is 12.8 Å². The summed E-state index contributed by atoms with van der Waals surface area (Å²) in [5, 5.41) is 2.56. The van der Waals surface area contributed by atoms with Gasteiger partial charge in [-0.05, 0) is 25.0 Å². The molecule has 0 bridgehead atoms. The van der Waals surface area contributed by atoms with E-state index in [0.717, 1.165) is 6.26 Å². The van der Waals surface area contributed by atoms with Gasteiger partial charge in [0.25, 0.3) is 0 Å². The van der Waals surface area contributed by atoms with E-state index >= 15 is 0 Å². The Morgan fingerprint density at radius 1 is 1.40 bits per heavy atom. The van der Waals surface area contributed by atoms with Crippen LogP contribution in [0.2, 0.25) is 0 Å². The minimum atomic E-state index is -3.40. The van der Waals surface area contributed by atoms with Gasteiger partial charge in [-0.15, -0.1) is 0 Å². The topological polar surface area (TPSA) is 98.5 Å². The van der Waals surface area contributed by atoms with Crippen molar-refractivity contribution in [3.05, 3.63) is 24.3 Å². The molecule has 0 fully saturated rings. The first-order chi connectivity index (χ1) is 9.36. The Morgan fingerprint density at radius 3 is 2.65 bits per heavy atom. The quantitative estimate of drug-likeness (QED) is 0.725. The zero-order valence-electron chi connectivity index (χ0n) is 11.6. The largest absolute Gasteiger partial charge is 0.385 e. The van der Waals surface area contributed by atoms with Crippen LogP contribution in [0.5, 0.6) is 0 Å². The van der Waals surface area contributed by atoms with Crippen molar-refractivity contribution in [2.24, 2.45) is 5.73 Å². The third-order valence-corrected chi connectivity index (χ3v) is 3.90. The van der Waals surface area contributed by atoms with E-state index in [2.05, 4.69) is 5.32 Å². The Labute approximate surface area is 119 Å². The molecule has 0 spiro atoms. The lowest BCUT2D eigenvalue weighted by Gasteiger charge is -2.14. The molecule has 0 heterocycles. The number of rotatable bonds is 7. The molecule has 0 saturated carbocycles. The number of para-hydroxylation sites is 1. The summed E-state index contributed by atoms with van der Waals surface area (Å²) in [7, 11) is -1.82. The number of carbonyl (C=O) groups is 1. The Morgan fingerprint density at radius 2 is 2.05 bits per heavy atom. The molecule has 20 heavy (non-hydrogen) atoms. The lowest BCUT2D eigenvalue weighted by Crippen LogP contribution is -2.36. The van der Waals surface area contributed by atoms with E-state index in [9.17, 15) is 13.2 Å². The maximum Gasteiger partial charge on any atom is 0.241 e. The van der Waals surface area contributed by atoms with E-state index in [1.54, 1.807) is 19.2 Å². The van der Waals surface area contributed by atoms with Gasteiger partial charge in [-0.25, -0.2) is 8.42 Å². The average molecular weight is 300 g/mol. The van der Waals surface area contributed by atoms with Gasteiger partial charge in [-0.1, -0.05) is 12.1 Å². The van der Waals surface area contributed by atoms with Crippen molar-refractivity contribution in [2.75, 3.05) is 25.3 Å². The first-order valence-corrected chi connectivity index (χ1v) is 8.10. The maximum atomic E-state index is 11.9. The monoisotopic (exact) mass is 300 g/mol. The zero-order valence-corrected chi connectivity index (χ0v) is 12.4. The SMILES string of the molecule is COCCCC(N)C(=O)Nc1ccccc1S(C)(=O)=O. The molecule has 7 heteroatoms. The van der Waals surface area contributed by atoms with Gasteiger partial charge in [0, 0.05) is 20.0 Å². The molecule has 1 amide bonds. The number of nitrogens with two attached hydrogens (primary N) is 1. The number of amides is 1. The predicted octanol–water partition coefficient (Wildman–Crippen LogP) is 0.783. The lowest BCUT2D eigenvalue weighted by atomic mass is 10.1. The molecule has 3 N–H and O–H groups in total. The summed E-state index contributed by atoms with van der Waals surface area (Å²) in [6, 6.07) is 5.54. The summed E-state index contributed by atoms with van der Waals surface area (Å²) in [6.45, 7) is 0.529. The summed E-state index contributed by atoms with van der Waals surface area (Å²) in [5.41, 5.74) is 6.00. The van der Waals surface area contributed by atoms with Crippen molar-refractivity contribution in [3.63, 3.8) is 0 Å². The van der Waals surface area contributed by atoms with Crippen LogP contribution in [-0.4, -0.2) is 40.3 Å². The third kappa shape index (κ3) is 4.92. The van der Waals surface area contributed by atoms with Crippen molar-refractivity contribution >= 4 is 21.4 Å². The number of hydrogen-bond acceptors (Lipinski definition) is 5. The van der Waals surface area contributed by atoms with Gasteiger partial charge in [-0.2, -0.15) is 0 Å². The number of methoxy groups -OCH3 is 1. The summed E-state index contributed by atoms with van der Waals surface area (Å²) in [5.74, 6) is -0.405. The highest BCUT2D eigenvalue weighted by atomic mass is 32.2. The number of nitrogens with one attached hydrogen (secondary N) is 1. The van der Waals surface area contributed by atoms with Gasteiger partial charge in [0.05, 0.1) is 16.6 Å². The fourth-order valence-electron chi connectivity index (χ4n) is 1.70. The summed E-state index contributed by atoms with van der Waals surface area (Å²) >= 11 is 0. The van der Waals surface area contributed by atoms with E-state index in [1.165, 1.54) is 12.1 Å². The Bertz CT molecular complexity index is 557. The van der Waals surface area contributed by atoms with E-state index in [1.807, 2.05) is 0 Å². The summed E-state index contributed by atoms with van der Waals surface area (Å²) < 4.78 is 28.1. The van der Waals surface area contributed by atoms with Gasteiger partial charge >= 0.3 is 0 Å². The molecule has 0 aliphatic rings. The van der Waals surface area contributed by atoms with Gasteiger partial charge in [0.1, 0.15) is 0 Å². The number of sulfone groups is 1. The van der Waals surface area contributed by atoms with E-state index in [4.69, 9.17) is 10.5 Å². The summed E-state index contributed by atoms with van der Waals surface area (Å²) in [6.07, 6.45) is 2.23. The van der Waals surface area contributed by atoms with E-state index < -0.39 is 21.8 Å². The Hall–Kier alpha value is -1.44. The molecule has 0 radical (unpaired) electrons. The minimum absolute atomic E-state index is 0.0810. The van der Waals surface area contributed by atoms with Gasteiger partial charge < -0.3 is 15.8 Å². The average Bonchev–Trinajstić information content (AvgIpc) is 2.38. The molecule has 6 nitrogen and oxygen atoms in total. The van der Waals surface area contributed by atoms with Crippen LogP contribution < -0.4 is 11.1 Å². The third-order valence-electron chi connectivity index (χ3n) is 2.74. The first-order valence-electron chi connectivity index (χ1n) is 6.20. The normalized spacial score (nSPS) is 12.9. The Balaban J connectivity index is 2.76. The van der Waals surface area contributed by atoms with Crippen molar-refractivity contribution in [3.8, 4) is 0 Å². The molecule has 0 saturated heterocycles. The Kier molecular flexibility index (Phi) is 6.12. The van der Waals surface area contributed by atoms with Crippen LogP contribution in [0.3, 0.4) is 0 Å². The summed E-state index contributed by atoms with van der Waals surface area (Å²) in [4.78, 5) is 12.0. The molecule has 0 aromatic heterocycles. The second-order valence-electron chi connectivity index (χ2n) is 4.50. The highest BCUT2D eigenvalue weighted by Gasteiger charge is 2.18. The molecular weight excluding hydrogens is 280 g/mol. The van der Waals surface area contributed by atoms with Crippen molar-refractivity contribution in [1.29, 1.82) is 0 Å². The molecule has 112 valence electrons. The van der Waals surface area contributed by atoms with Crippen LogP contribution in [0.15, 0.2) is 29.2 Å². The number of anilines is 1. The molecule has 0 aliphatic carbocycles. The molecule has 0 aliphatic heterocycles. The number of carbonyl (C=O) groups excluding carboxylic acids is 1. The van der Waals surface area contributed by atoms with Crippen molar-refractivity contribution < 1.29 is 17.9 Å². The molecule has 1 aromatic rings. The fraction of sp³-hybridized carbons (Fsp3) is 0.462. The molecule has 1 unspecified atom stereocenters. The highest BCUT2D eigenvalue weighted by molar-refractivity contribution is 7.90. The van der Waals surface area contributed by atoms with Crippen molar-refractivity contribution in [1.82, 2.24) is 0 Å². The van der Waals surface area contributed by atoms with Crippen LogP contribution >= 0.6 is 0 Å². The van der Waals surface area contributed by atoms with Crippen LogP contribution in [0, 0.1) is 0 Å². The first kappa shape index (κ1) is 16.6. The number of hydrogen-bond donors (Lipinski definition) is 2. The zero-order chi connectivity index (χ0) is 15.2.